The van der Waals surface area contributed by atoms with E-state index in [1.807, 2.05) is 38.1 Å². The molecular formula is C14H20N2O3S3. The van der Waals surface area contributed by atoms with Crippen LogP contribution in [0, 0.1) is 6.92 Å². The van der Waals surface area contributed by atoms with Crippen LogP contribution < -0.4 is 10.6 Å². The first-order valence-corrected chi connectivity index (χ1v) is 10.4. The van der Waals surface area contributed by atoms with Gasteiger partial charge in [-0.1, -0.05) is 39.3 Å². The van der Waals surface area contributed by atoms with Crippen molar-refractivity contribution in [1.29, 1.82) is 0 Å². The highest BCUT2D eigenvalue weighted by atomic mass is 33.5. The standard InChI is InChI=1S/C14H20N2O3S3/c1-9-4-6-12(7-5-9)16-11(3)21-22-20-8-13(14(18)19)15-10(2)17/h4-7,11,13,16H,8H2,1-3H3,(H,15,17)(H,18,19)/t11?,13-/m0/s1. The van der Waals surface area contributed by atoms with Gasteiger partial charge in [-0.3, -0.25) is 4.79 Å². The number of hydrogen-bond acceptors (Lipinski definition) is 6. The van der Waals surface area contributed by atoms with Gasteiger partial charge in [-0.25, -0.2) is 4.79 Å². The number of aryl methyl sites for hydroxylation is 1. The van der Waals surface area contributed by atoms with Gasteiger partial charge >= 0.3 is 5.97 Å². The van der Waals surface area contributed by atoms with Gasteiger partial charge in [-0.2, -0.15) is 0 Å². The second-order valence-electron chi connectivity index (χ2n) is 4.69. The summed E-state index contributed by atoms with van der Waals surface area (Å²) in [4.78, 5) is 21.9. The number of hydrogen-bond donors (Lipinski definition) is 3. The Balaban J connectivity index is 2.26. The molecule has 8 heteroatoms. The summed E-state index contributed by atoms with van der Waals surface area (Å²) >= 11 is 0. The van der Waals surface area contributed by atoms with E-state index in [0.29, 0.717) is 5.75 Å². The van der Waals surface area contributed by atoms with Crippen LogP contribution in [0.3, 0.4) is 0 Å². The van der Waals surface area contributed by atoms with Gasteiger partial charge in [-0.05, 0) is 35.8 Å². The molecule has 0 aliphatic heterocycles. The summed E-state index contributed by atoms with van der Waals surface area (Å²) < 4.78 is 0. The van der Waals surface area contributed by atoms with Crippen LogP contribution >= 0.6 is 31.4 Å². The summed E-state index contributed by atoms with van der Waals surface area (Å²) in [6, 6.07) is 7.30. The van der Waals surface area contributed by atoms with Gasteiger partial charge in [0, 0.05) is 18.4 Å². The van der Waals surface area contributed by atoms with E-state index in [9.17, 15) is 9.59 Å². The zero-order valence-corrected chi connectivity index (χ0v) is 15.1. The predicted octanol–water partition coefficient (Wildman–Crippen LogP) is 3.37. The molecule has 0 bridgehead atoms. The highest BCUT2D eigenvalue weighted by Crippen LogP contribution is 2.38. The van der Waals surface area contributed by atoms with Crippen LogP contribution in [0.1, 0.15) is 19.4 Å². The summed E-state index contributed by atoms with van der Waals surface area (Å²) in [5, 5.41) is 14.9. The first-order valence-electron chi connectivity index (χ1n) is 6.66. The van der Waals surface area contributed by atoms with Crippen LogP contribution in [0.15, 0.2) is 24.3 Å². The highest BCUT2D eigenvalue weighted by molar-refractivity contribution is 9.09. The van der Waals surface area contributed by atoms with E-state index >= 15 is 0 Å². The van der Waals surface area contributed by atoms with Crippen molar-refractivity contribution in [1.82, 2.24) is 5.32 Å². The Kier molecular flexibility index (Phi) is 8.59. The van der Waals surface area contributed by atoms with E-state index in [2.05, 4.69) is 10.6 Å². The molecule has 0 aromatic heterocycles. The zero-order valence-electron chi connectivity index (χ0n) is 12.7. The largest absolute Gasteiger partial charge is 0.480 e. The van der Waals surface area contributed by atoms with Crippen LogP contribution in [-0.2, 0) is 9.59 Å². The van der Waals surface area contributed by atoms with Gasteiger partial charge in [0.05, 0.1) is 5.37 Å². The maximum atomic E-state index is 11.0. The third-order valence-corrected chi connectivity index (χ3v) is 6.99. The molecule has 0 saturated heterocycles. The van der Waals surface area contributed by atoms with Gasteiger partial charge in [0.25, 0.3) is 0 Å². The highest BCUT2D eigenvalue weighted by Gasteiger charge is 2.18. The summed E-state index contributed by atoms with van der Waals surface area (Å²) in [5.74, 6) is -1.02. The van der Waals surface area contributed by atoms with Crippen molar-refractivity contribution >= 4 is 49.0 Å². The third kappa shape index (κ3) is 7.86. The molecule has 0 aliphatic carbocycles. The number of carboxylic acid groups (broad SMARTS) is 1. The van der Waals surface area contributed by atoms with Crippen LogP contribution in [-0.4, -0.2) is 34.2 Å². The average molecular weight is 361 g/mol. The minimum absolute atomic E-state index is 0.184. The van der Waals surface area contributed by atoms with Crippen LogP contribution in [0.2, 0.25) is 0 Å². The smallest absolute Gasteiger partial charge is 0.327 e. The molecule has 1 unspecified atom stereocenters. The van der Waals surface area contributed by atoms with Crippen LogP contribution in [0.4, 0.5) is 5.69 Å². The number of carboxylic acids is 1. The fraction of sp³-hybridized carbons (Fsp3) is 0.429. The lowest BCUT2D eigenvalue weighted by molar-refractivity contribution is -0.140. The molecule has 0 fully saturated rings. The van der Waals surface area contributed by atoms with E-state index in [1.165, 1.54) is 33.1 Å². The van der Waals surface area contributed by atoms with Gasteiger partial charge in [0.2, 0.25) is 5.91 Å². The number of carbonyl (C=O) groups excluding carboxylic acids is 1. The molecule has 1 rings (SSSR count). The predicted molar refractivity (Wildman–Crippen MR) is 97.1 cm³/mol. The van der Waals surface area contributed by atoms with E-state index in [0.717, 1.165) is 5.69 Å². The Labute approximate surface area is 142 Å². The number of benzene rings is 1. The molecule has 0 spiro atoms. The molecular weight excluding hydrogens is 340 g/mol. The maximum Gasteiger partial charge on any atom is 0.327 e. The number of carbonyl (C=O) groups is 2. The Morgan fingerprint density at radius 1 is 1.27 bits per heavy atom. The number of amides is 1. The molecule has 3 N–H and O–H groups in total. The lowest BCUT2D eigenvalue weighted by Crippen LogP contribution is -2.41. The van der Waals surface area contributed by atoms with Gasteiger partial charge in [0.1, 0.15) is 6.04 Å². The first-order chi connectivity index (χ1) is 10.4. The van der Waals surface area contributed by atoms with Crippen LogP contribution in [0.25, 0.3) is 0 Å². The van der Waals surface area contributed by atoms with Crippen molar-refractivity contribution in [2.45, 2.75) is 32.2 Å². The molecule has 1 aromatic rings. The number of nitrogens with one attached hydrogen (secondary N) is 2. The molecule has 122 valence electrons. The van der Waals surface area contributed by atoms with Crippen molar-refractivity contribution in [2.24, 2.45) is 0 Å². The number of anilines is 1. The molecule has 1 amide bonds. The van der Waals surface area contributed by atoms with E-state index < -0.39 is 12.0 Å². The van der Waals surface area contributed by atoms with Gasteiger partial charge in [-0.15, -0.1) is 0 Å². The SMILES string of the molecule is CC(=O)N[C@@H](CSSSC(C)Nc1ccc(C)cc1)C(=O)O. The normalized spacial score (nSPS) is 13.2. The van der Waals surface area contributed by atoms with Crippen molar-refractivity contribution < 1.29 is 14.7 Å². The zero-order chi connectivity index (χ0) is 16.5. The Bertz CT molecular complexity index is 497. The first kappa shape index (κ1) is 19.1. The minimum atomic E-state index is -1.01. The second-order valence-corrected chi connectivity index (χ2v) is 9.21. The van der Waals surface area contributed by atoms with Crippen molar-refractivity contribution in [2.75, 3.05) is 11.1 Å². The third-order valence-electron chi connectivity index (χ3n) is 2.56. The van der Waals surface area contributed by atoms with Crippen LogP contribution in [0.5, 0.6) is 0 Å². The van der Waals surface area contributed by atoms with E-state index in [4.69, 9.17) is 5.11 Å². The molecule has 5 nitrogen and oxygen atoms in total. The molecule has 0 aliphatic rings. The maximum absolute atomic E-state index is 11.0. The second kappa shape index (κ2) is 9.91. The van der Waals surface area contributed by atoms with E-state index in [1.54, 1.807) is 10.8 Å². The lowest BCUT2D eigenvalue weighted by Gasteiger charge is -2.15. The summed E-state index contributed by atoms with van der Waals surface area (Å²) in [7, 11) is 4.54. The number of rotatable bonds is 9. The van der Waals surface area contributed by atoms with Crippen molar-refractivity contribution in [3.8, 4) is 0 Å². The van der Waals surface area contributed by atoms with E-state index in [-0.39, 0.29) is 11.3 Å². The average Bonchev–Trinajstić information content (AvgIpc) is 2.44. The fourth-order valence-corrected chi connectivity index (χ4v) is 5.59. The Morgan fingerprint density at radius 3 is 2.45 bits per heavy atom. The topological polar surface area (TPSA) is 78.4 Å². The monoisotopic (exact) mass is 360 g/mol. The Hall–Kier alpha value is -0.990. The molecule has 0 radical (unpaired) electrons. The van der Waals surface area contributed by atoms with Crippen molar-refractivity contribution in [3.63, 3.8) is 0 Å². The summed E-state index contributed by atoms with van der Waals surface area (Å²) in [5.41, 5.74) is 2.27. The minimum Gasteiger partial charge on any atom is -0.480 e. The number of aliphatic carboxylic acids is 1. The van der Waals surface area contributed by atoms with Crippen molar-refractivity contribution in [3.05, 3.63) is 29.8 Å². The molecule has 0 saturated carbocycles. The quantitative estimate of drug-likeness (QED) is 0.354. The fourth-order valence-electron chi connectivity index (χ4n) is 1.51. The molecule has 22 heavy (non-hydrogen) atoms. The molecule has 0 heterocycles. The summed E-state index contributed by atoms with van der Waals surface area (Å²) in [6.45, 7) is 5.40. The Morgan fingerprint density at radius 2 is 1.91 bits per heavy atom. The van der Waals surface area contributed by atoms with Gasteiger partial charge in [0.15, 0.2) is 0 Å². The van der Waals surface area contributed by atoms with Gasteiger partial charge < -0.3 is 15.7 Å². The molecule has 1 aromatic carbocycles. The molecule has 2 atom stereocenters. The summed E-state index contributed by atoms with van der Waals surface area (Å²) in [6.07, 6.45) is 0. The lowest BCUT2D eigenvalue weighted by atomic mass is 10.2.